The smallest absolute Gasteiger partial charge is 0.407 e. The van der Waals surface area contributed by atoms with E-state index in [1.807, 2.05) is 12.1 Å². The molecule has 1 aromatic rings. The number of carbonyl (C=O) groups excluding carboxylic acids is 3. The standard InChI is InChI=1S/C25H35FN4O5/c1-18-17-28(13-14-30(18)20-5-3-19(26)4-6-20)10-7-21-15-25(23(32)35-21)8-11-29(12-9-25)22(31)16-27-24(33)34-2/h3-6,18,21H,7-17H2,1-2H3,(H,27,33)/t18-,21+/m1/s1. The van der Waals surface area contributed by atoms with E-state index >= 15 is 0 Å². The van der Waals surface area contributed by atoms with Crippen molar-refractivity contribution in [2.24, 2.45) is 5.41 Å². The van der Waals surface area contributed by atoms with Crippen molar-refractivity contribution in [3.8, 4) is 0 Å². The molecule has 0 saturated carbocycles. The van der Waals surface area contributed by atoms with Gasteiger partial charge in [-0.05, 0) is 50.5 Å². The van der Waals surface area contributed by atoms with Crippen LogP contribution in [0, 0.1) is 11.2 Å². The molecular weight excluding hydrogens is 455 g/mol. The predicted molar refractivity (Wildman–Crippen MR) is 127 cm³/mol. The van der Waals surface area contributed by atoms with Crippen LogP contribution < -0.4 is 10.2 Å². The van der Waals surface area contributed by atoms with E-state index in [1.54, 1.807) is 4.90 Å². The molecule has 1 aromatic carbocycles. The molecule has 35 heavy (non-hydrogen) atoms. The number of carbonyl (C=O) groups is 3. The highest BCUT2D eigenvalue weighted by Crippen LogP contribution is 2.44. The third-order valence-corrected chi connectivity index (χ3v) is 7.60. The first-order chi connectivity index (χ1) is 16.8. The Morgan fingerprint density at radius 2 is 1.89 bits per heavy atom. The lowest BCUT2D eigenvalue weighted by Crippen LogP contribution is -2.52. The van der Waals surface area contributed by atoms with Crippen molar-refractivity contribution in [1.82, 2.24) is 15.1 Å². The van der Waals surface area contributed by atoms with E-state index in [1.165, 1.54) is 19.2 Å². The number of rotatable bonds is 6. The molecule has 0 bridgehead atoms. The van der Waals surface area contributed by atoms with Gasteiger partial charge in [0.1, 0.15) is 18.5 Å². The Morgan fingerprint density at radius 3 is 2.54 bits per heavy atom. The van der Waals surface area contributed by atoms with Crippen LogP contribution in [0.4, 0.5) is 14.9 Å². The lowest BCUT2D eigenvalue weighted by Gasteiger charge is -2.41. The second kappa shape index (κ2) is 10.8. The van der Waals surface area contributed by atoms with Gasteiger partial charge in [-0.15, -0.1) is 0 Å². The molecule has 3 aliphatic heterocycles. The van der Waals surface area contributed by atoms with Gasteiger partial charge in [-0.1, -0.05) is 0 Å². The van der Waals surface area contributed by atoms with Gasteiger partial charge in [0.15, 0.2) is 0 Å². The van der Waals surface area contributed by atoms with Gasteiger partial charge in [0.2, 0.25) is 5.91 Å². The zero-order chi connectivity index (χ0) is 25.0. The Labute approximate surface area is 205 Å². The highest BCUT2D eigenvalue weighted by Gasteiger charge is 2.50. The number of amides is 2. The topological polar surface area (TPSA) is 91.4 Å². The van der Waals surface area contributed by atoms with Crippen LogP contribution >= 0.6 is 0 Å². The third-order valence-electron chi connectivity index (χ3n) is 7.60. The first-order valence-corrected chi connectivity index (χ1v) is 12.3. The fraction of sp³-hybridized carbons (Fsp3) is 0.640. The van der Waals surface area contributed by atoms with Crippen LogP contribution in [0.5, 0.6) is 0 Å². The van der Waals surface area contributed by atoms with Gasteiger partial charge < -0.3 is 24.6 Å². The number of methoxy groups -OCH3 is 1. The summed E-state index contributed by atoms with van der Waals surface area (Å²) in [6.45, 7) is 6.56. The first-order valence-electron chi connectivity index (χ1n) is 12.3. The number of ether oxygens (including phenoxy) is 2. The number of nitrogens with zero attached hydrogens (tertiary/aromatic N) is 3. The summed E-state index contributed by atoms with van der Waals surface area (Å²) >= 11 is 0. The minimum atomic E-state index is -0.639. The molecule has 192 valence electrons. The van der Waals surface area contributed by atoms with E-state index in [0.29, 0.717) is 38.4 Å². The minimum absolute atomic E-state index is 0.101. The number of likely N-dealkylation sites (tertiary alicyclic amines) is 1. The number of alkyl carbamates (subject to hydrolysis) is 1. The molecule has 0 aliphatic carbocycles. The highest BCUT2D eigenvalue weighted by molar-refractivity contribution is 5.83. The van der Waals surface area contributed by atoms with Crippen molar-refractivity contribution in [1.29, 1.82) is 0 Å². The van der Waals surface area contributed by atoms with Gasteiger partial charge in [-0.25, -0.2) is 9.18 Å². The number of hydrogen-bond acceptors (Lipinski definition) is 7. The molecule has 10 heteroatoms. The fourth-order valence-electron chi connectivity index (χ4n) is 5.50. The normalized spacial score (nSPS) is 24.4. The second-order valence-electron chi connectivity index (χ2n) is 9.85. The summed E-state index contributed by atoms with van der Waals surface area (Å²) in [7, 11) is 1.25. The van der Waals surface area contributed by atoms with Gasteiger partial charge in [0.25, 0.3) is 0 Å². The Bertz CT molecular complexity index is 919. The fourth-order valence-corrected chi connectivity index (χ4v) is 5.50. The number of benzene rings is 1. The summed E-state index contributed by atoms with van der Waals surface area (Å²) in [6, 6.07) is 6.96. The Hall–Kier alpha value is -2.88. The molecule has 9 nitrogen and oxygen atoms in total. The van der Waals surface area contributed by atoms with Crippen molar-refractivity contribution in [2.45, 2.75) is 44.8 Å². The van der Waals surface area contributed by atoms with Gasteiger partial charge in [0, 0.05) is 57.4 Å². The highest BCUT2D eigenvalue weighted by atomic mass is 19.1. The van der Waals surface area contributed by atoms with Crippen LogP contribution in [-0.2, 0) is 19.1 Å². The SMILES string of the molecule is COC(=O)NCC(=O)N1CCC2(CC1)C[C@H](CCN1CCN(c3ccc(F)cc3)[C@H](C)C1)OC2=O. The first kappa shape index (κ1) is 25.2. The molecule has 3 heterocycles. The Kier molecular flexibility index (Phi) is 7.78. The molecule has 0 unspecified atom stereocenters. The van der Waals surface area contributed by atoms with Crippen molar-refractivity contribution < 1.29 is 28.2 Å². The largest absolute Gasteiger partial charge is 0.462 e. The van der Waals surface area contributed by atoms with Crippen LogP contribution in [0.1, 0.15) is 32.6 Å². The number of cyclic esters (lactones) is 1. The number of nitrogens with one attached hydrogen (secondary N) is 1. The molecular formula is C25H35FN4O5. The van der Waals surface area contributed by atoms with Crippen molar-refractivity contribution >= 4 is 23.7 Å². The average molecular weight is 491 g/mol. The summed E-state index contributed by atoms with van der Waals surface area (Å²) in [5.74, 6) is -0.546. The maximum atomic E-state index is 13.2. The zero-order valence-electron chi connectivity index (χ0n) is 20.5. The molecule has 3 fully saturated rings. The quantitative estimate of drug-likeness (QED) is 0.610. The number of anilines is 1. The summed E-state index contributed by atoms with van der Waals surface area (Å²) in [6.07, 6.45) is 1.91. The lowest BCUT2D eigenvalue weighted by molar-refractivity contribution is -0.152. The Balaban J connectivity index is 1.21. The van der Waals surface area contributed by atoms with Crippen LogP contribution in [-0.4, -0.2) is 92.8 Å². The lowest BCUT2D eigenvalue weighted by atomic mass is 9.75. The molecule has 1 spiro atoms. The summed E-state index contributed by atoms with van der Waals surface area (Å²) in [5.41, 5.74) is 0.530. The van der Waals surface area contributed by atoms with Gasteiger partial charge >= 0.3 is 12.1 Å². The monoisotopic (exact) mass is 490 g/mol. The molecule has 2 atom stereocenters. The van der Waals surface area contributed by atoms with Crippen molar-refractivity contribution in [3.05, 3.63) is 30.1 Å². The molecule has 3 saturated heterocycles. The van der Waals surface area contributed by atoms with Crippen LogP contribution in [0.15, 0.2) is 24.3 Å². The molecule has 4 rings (SSSR count). The maximum absolute atomic E-state index is 13.2. The molecule has 0 radical (unpaired) electrons. The third kappa shape index (κ3) is 5.86. The van der Waals surface area contributed by atoms with Crippen molar-refractivity contribution in [3.63, 3.8) is 0 Å². The molecule has 2 amide bonds. The number of halogens is 1. The molecule has 3 aliphatic rings. The minimum Gasteiger partial charge on any atom is -0.462 e. The van der Waals surface area contributed by atoms with E-state index in [0.717, 1.165) is 38.3 Å². The zero-order valence-corrected chi connectivity index (χ0v) is 20.5. The number of hydrogen-bond donors (Lipinski definition) is 1. The van der Waals surface area contributed by atoms with Crippen LogP contribution in [0.25, 0.3) is 0 Å². The van der Waals surface area contributed by atoms with E-state index < -0.39 is 11.5 Å². The predicted octanol–water partition coefficient (Wildman–Crippen LogP) is 2.01. The summed E-state index contributed by atoms with van der Waals surface area (Å²) in [4.78, 5) is 42.7. The van der Waals surface area contributed by atoms with Crippen LogP contribution in [0.2, 0.25) is 0 Å². The van der Waals surface area contributed by atoms with Gasteiger partial charge in [0.05, 0.1) is 12.5 Å². The summed E-state index contributed by atoms with van der Waals surface area (Å²) < 4.78 is 23.5. The van der Waals surface area contributed by atoms with E-state index in [-0.39, 0.29) is 30.3 Å². The van der Waals surface area contributed by atoms with Gasteiger partial charge in [-0.3, -0.25) is 14.5 Å². The van der Waals surface area contributed by atoms with Gasteiger partial charge in [-0.2, -0.15) is 0 Å². The molecule has 1 N–H and O–H groups in total. The number of piperazine rings is 1. The van der Waals surface area contributed by atoms with E-state index in [9.17, 15) is 18.8 Å². The van der Waals surface area contributed by atoms with Crippen LogP contribution in [0.3, 0.4) is 0 Å². The average Bonchev–Trinajstić information content (AvgIpc) is 3.16. The molecule has 0 aromatic heterocycles. The second-order valence-corrected chi connectivity index (χ2v) is 9.85. The summed E-state index contributed by atoms with van der Waals surface area (Å²) in [5, 5.41) is 2.40. The van der Waals surface area contributed by atoms with E-state index in [2.05, 4.69) is 26.8 Å². The number of piperidine rings is 1. The van der Waals surface area contributed by atoms with Crippen molar-refractivity contribution in [2.75, 3.05) is 57.8 Å². The Morgan fingerprint density at radius 1 is 1.17 bits per heavy atom. The maximum Gasteiger partial charge on any atom is 0.407 e. The van der Waals surface area contributed by atoms with E-state index in [4.69, 9.17) is 4.74 Å². The number of esters is 1.